The predicted octanol–water partition coefficient (Wildman–Crippen LogP) is 12.7. The number of hydrogen-bond donors (Lipinski definition) is 0. The van der Waals surface area contributed by atoms with E-state index >= 15 is 0 Å². The average Bonchev–Trinajstić information content (AvgIpc) is 3.17. The number of esters is 3. The van der Waals surface area contributed by atoms with E-state index in [2.05, 4.69) is 81.2 Å². The Morgan fingerprint density at radius 2 is 0.815 bits per heavy atom. The number of unbranched alkanes of at least 4 members (excludes halogenated alkanes) is 16. The molecule has 0 aliphatic carbocycles. The maximum atomic E-state index is 12.7. The molecule has 0 spiro atoms. The molecule has 0 heterocycles. The van der Waals surface area contributed by atoms with Gasteiger partial charge in [-0.1, -0.05) is 141 Å². The number of carbonyl (C=O) groups excluding carboxylic acids is 3. The molecule has 7 heteroatoms. The van der Waals surface area contributed by atoms with Gasteiger partial charge in [0.15, 0.2) is 6.10 Å². The van der Waals surface area contributed by atoms with E-state index in [4.69, 9.17) is 14.2 Å². The van der Waals surface area contributed by atoms with Gasteiger partial charge in [0.1, 0.15) is 13.2 Å². The average molecular weight is 758 g/mol. The fourth-order valence-corrected chi connectivity index (χ4v) is 6.03. The molecule has 0 amide bonds. The fourth-order valence-electron chi connectivity index (χ4n) is 6.03. The topological polar surface area (TPSA) is 82.1 Å². The Bertz CT molecular complexity index is 983. The van der Waals surface area contributed by atoms with Gasteiger partial charge in [0.2, 0.25) is 0 Å². The van der Waals surface area contributed by atoms with Crippen LogP contribution in [0.4, 0.5) is 0 Å². The monoisotopic (exact) mass is 758 g/mol. The van der Waals surface area contributed by atoms with Gasteiger partial charge in [0.25, 0.3) is 0 Å². The van der Waals surface area contributed by atoms with Crippen LogP contribution in [-0.4, -0.2) is 61.8 Å². The largest absolute Gasteiger partial charge is 0.462 e. The zero-order valence-corrected chi connectivity index (χ0v) is 35.5. The van der Waals surface area contributed by atoms with Gasteiger partial charge in [0, 0.05) is 19.3 Å². The Morgan fingerprint density at radius 3 is 1.24 bits per heavy atom. The van der Waals surface area contributed by atoms with Crippen molar-refractivity contribution in [2.45, 2.75) is 201 Å². The minimum absolute atomic E-state index is 0.0975. The summed E-state index contributed by atoms with van der Waals surface area (Å²) < 4.78 is 16.6. The van der Waals surface area contributed by atoms with Crippen LogP contribution in [0.25, 0.3) is 0 Å². The highest BCUT2D eigenvalue weighted by molar-refractivity contribution is 5.71. The lowest BCUT2D eigenvalue weighted by Crippen LogP contribution is -2.31. The van der Waals surface area contributed by atoms with Gasteiger partial charge in [0.05, 0.1) is 0 Å². The molecule has 0 saturated carbocycles. The van der Waals surface area contributed by atoms with Crippen LogP contribution in [0.15, 0.2) is 48.6 Å². The number of nitrogens with zero attached hydrogens (tertiary/aromatic N) is 1. The van der Waals surface area contributed by atoms with Crippen molar-refractivity contribution in [1.82, 2.24) is 4.90 Å². The third kappa shape index (κ3) is 37.6. The Labute approximate surface area is 332 Å². The van der Waals surface area contributed by atoms with E-state index in [0.717, 1.165) is 110 Å². The number of carbonyl (C=O) groups is 3. The van der Waals surface area contributed by atoms with Gasteiger partial charge < -0.3 is 19.1 Å². The highest BCUT2D eigenvalue weighted by Gasteiger charge is 2.19. The van der Waals surface area contributed by atoms with Crippen LogP contribution in [0.1, 0.15) is 195 Å². The number of hydrogen-bond acceptors (Lipinski definition) is 7. The van der Waals surface area contributed by atoms with E-state index in [1.54, 1.807) is 0 Å². The van der Waals surface area contributed by atoms with Crippen molar-refractivity contribution in [2.24, 2.45) is 0 Å². The predicted molar refractivity (Wildman–Crippen MR) is 228 cm³/mol. The first-order valence-corrected chi connectivity index (χ1v) is 22.3. The van der Waals surface area contributed by atoms with Crippen molar-refractivity contribution >= 4 is 17.9 Å². The first-order chi connectivity index (χ1) is 26.5. The molecule has 0 aromatic heterocycles. The van der Waals surface area contributed by atoms with Gasteiger partial charge in [-0.25, -0.2) is 0 Å². The van der Waals surface area contributed by atoms with Crippen LogP contribution >= 0.6 is 0 Å². The fraction of sp³-hybridized carbons (Fsp3) is 0.766. The van der Waals surface area contributed by atoms with Crippen LogP contribution in [0.3, 0.4) is 0 Å². The summed E-state index contributed by atoms with van der Waals surface area (Å²) in [5, 5.41) is 0. The first kappa shape index (κ1) is 51.3. The summed E-state index contributed by atoms with van der Waals surface area (Å²) in [6.07, 6.45) is 43.6. The van der Waals surface area contributed by atoms with Gasteiger partial charge in [-0.05, 0) is 103 Å². The molecule has 0 aliphatic heterocycles. The van der Waals surface area contributed by atoms with Crippen LogP contribution in [-0.2, 0) is 28.6 Å². The Kier molecular flexibility index (Phi) is 39.4. The summed E-state index contributed by atoms with van der Waals surface area (Å²) in [5.41, 5.74) is 0. The minimum Gasteiger partial charge on any atom is -0.462 e. The van der Waals surface area contributed by atoms with Crippen LogP contribution < -0.4 is 0 Å². The summed E-state index contributed by atoms with van der Waals surface area (Å²) >= 11 is 0. The third-order valence-electron chi connectivity index (χ3n) is 9.57. The zero-order chi connectivity index (χ0) is 39.6. The molecule has 0 unspecified atom stereocenters. The number of ether oxygens (including phenoxy) is 3. The molecule has 0 aliphatic rings. The normalized spacial score (nSPS) is 12.5. The maximum Gasteiger partial charge on any atom is 0.306 e. The summed E-state index contributed by atoms with van der Waals surface area (Å²) in [6, 6.07) is 0. The van der Waals surface area contributed by atoms with Crippen LogP contribution in [0.2, 0.25) is 0 Å². The Hall–Kier alpha value is -2.67. The second-order valence-electron chi connectivity index (χ2n) is 14.6. The highest BCUT2D eigenvalue weighted by Crippen LogP contribution is 2.12. The SMILES string of the molecule is CCCCC/C=C\C/C=C\CCCCCCCC(=O)OC[C@H](COC(=O)CCCN(CC)CC)OC(=O)CCCCCCC/C=C\C/C=C\CCCCC. The van der Waals surface area contributed by atoms with E-state index in [1.807, 2.05) is 0 Å². The molecule has 1 atom stereocenters. The molecule has 0 bridgehead atoms. The standard InChI is InChI=1S/C47H83NO6/c1-5-9-11-13-15-17-19-21-23-25-27-29-31-33-35-38-45(49)52-42-44(43-53-46(50)40-37-41-48(7-3)8-4)54-47(51)39-36-34-32-30-28-26-24-22-20-18-16-14-12-10-6-2/h15-18,21-24,44H,5-14,19-20,25-43H2,1-4H3/b17-15-,18-16-,23-21-,24-22-/t44-/m1/s1. The maximum absolute atomic E-state index is 12.7. The highest BCUT2D eigenvalue weighted by atomic mass is 16.6. The molecular weight excluding hydrogens is 675 g/mol. The van der Waals surface area contributed by atoms with Gasteiger partial charge in [-0.15, -0.1) is 0 Å². The number of allylic oxidation sites excluding steroid dienone is 8. The molecule has 7 nitrogen and oxygen atoms in total. The quantitative estimate of drug-likeness (QED) is 0.0267. The summed E-state index contributed by atoms with van der Waals surface area (Å²) in [7, 11) is 0. The summed E-state index contributed by atoms with van der Waals surface area (Å²) in [5.74, 6) is -0.970. The molecule has 0 saturated heterocycles. The van der Waals surface area contributed by atoms with Crippen molar-refractivity contribution in [3.8, 4) is 0 Å². The van der Waals surface area contributed by atoms with Crippen molar-refractivity contribution in [3.05, 3.63) is 48.6 Å². The molecule has 0 radical (unpaired) electrons. The van der Waals surface area contributed by atoms with Crippen molar-refractivity contribution < 1.29 is 28.6 Å². The van der Waals surface area contributed by atoms with E-state index in [-0.39, 0.29) is 31.1 Å². The molecule has 0 rings (SSSR count). The smallest absolute Gasteiger partial charge is 0.306 e. The molecule has 0 N–H and O–H groups in total. The lowest BCUT2D eigenvalue weighted by molar-refractivity contribution is -0.167. The van der Waals surface area contributed by atoms with Crippen molar-refractivity contribution in [3.63, 3.8) is 0 Å². The zero-order valence-electron chi connectivity index (χ0n) is 35.5. The van der Waals surface area contributed by atoms with Gasteiger partial charge >= 0.3 is 17.9 Å². The molecule has 0 aromatic carbocycles. The van der Waals surface area contributed by atoms with E-state index in [9.17, 15) is 14.4 Å². The Morgan fingerprint density at radius 1 is 0.444 bits per heavy atom. The lowest BCUT2D eigenvalue weighted by atomic mass is 10.1. The van der Waals surface area contributed by atoms with E-state index in [0.29, 0.717) is 25.7 Å². The van der Waals surface area contributed by atoms with Gasteiger partial charge in [-0.3, -0.25) is 14.4 Å². The molecular formula is C47H83NO6. The minimum atomic E-state index is -0.796. The lowest BCUT2D eigenvalue weighted by Gasteiger charge is -2.19. The number of rotatable bonds is 39. The Balaban J connectivity index is 4.37. The molecule has 0 fully saturated rings. The molecule has 54 heavy (non-hydrogen) atoms. The van der Waals surface area contributed by atoms with Crippen molar-refractivity contribution in [1.29, 1.82) is 0 Å². The second-order valence-corrected chi connectivity index (χ2v) is 14.6. The van der Waals surface area contributed by atoms with Gasteiger partial charge in [-0.2, -0.15) is 0 Å². The second kappa shape index (κ2) is 41.5. The molecule has 0 aromatic rings. The third-order valence-corrected chi connectivity index (χ3v) is 9.57. The molecule has 312 valence electrons. The summed E-state index contributed by atoms with van der Waals surface area (Å²) in [4.78, 5) is 39.9. The van der Waals surface area contributed by atoms with Crippen LogP contribution in [0.5, 0.6) is 0 Å². The van der Waals surface area contributed by atoms with Crippen molar-refractivity contribution in [2.75, 3.05) is 32.8 Å². The van der Waals surface area contributed by atoms with Crippen LogP contribution in [0, 0.1) is 0 Å². The summed E-state index contributed by atoms with van der Waals surface area (Å²) in [6.45, 7) is 11.2. The van der Waals surface area contributed by atoms with E-state index in [1.165, 1.54) is 51.4 Å². The first-order valence-electron chi connectivity index (χ1n) is 22.3. The van der Waals surface area contributed by atoms with E-state index < -0.39 is 6.10 Å².